The summed E-state index contributed by atoms with van der Waals surface area (Å²) in [6.45, 7) is 2.53. The summed E-state index contributed by atoms with van der Waals surface area (Å²) in [4.78, 5) is 13.9. The van der Waals surface area contributed by atoms with Gasteiger partial charge >= 0.3 is 0 Å². The van der Waals surface area contributed by atoms with E-state index in [9.17, 15) is 9.90 Å². The number of benzene rings is 1. The van der Waals surface area contributed by atoms with Crippen molar-refractivity contribution in [3.8, 4) is 0 Å². The van der Waals surface area contributed by atoms with Crippen LogP contribution in [0.1, 0.15) is 31.2 Å². The van der Waals surface area contributed by atoms with Crippen LogP contribution in [0.15, 0.2) is 40.6 Å². The molecule has 6 heteroatoms. The first-order chi connectivity index (χ1) is 12.0. The fourth-order valence-electron chi connectivity index (χ4n) is 3.04. The van der Waals surface area contributed by atoms with Gasteiger partial charge in [0.25, 0.3) is 5.91 Å². The van der Waals surface area contributed by atoms with Gasteiger partial charge in [0.1, 0.15) is 0 Å². The number of rotatable bonds is 7. The van der Waals surface area contributed by atoms with E-state index >= 15 is 0 Å². The summed E-state index contributed by atoms with van der Waals surface area (Å²) in [5, 5.41) is 9.26. The lowest BCUT2D eigenvalue weighted by Gasteiger charge is -2.37. The topological polar surface area (TPSA) is 59.0 Å². The Balaban J connectivity index is 2.42. The highest BCUT2D eigenvalue weighted by atomic mass is 79.9. The van der Waals surface area contributed by atoms with Crippen molar-refractivity contribution in [1.82, 2.24) is 4.90 Å². The molecule has 0 spiro atoms. The second-order valence-corrected chi connectivity index (χ2v) is 7.19. The van der Waals surface area contributed by atoms with Gasteiger partial charge < -0.3 is 19.5 Å². The van der Waals surface area contributed by atoms with Crippen LogP contribution in [0, 0.1) is 5.92 Å². The summed E-state index contributed by atoms with van der Waals surface area (Å²) in [5.74, 6) is 0.167. The quantitative estimate of drug-likeness (QED) is 0.747. The smallest absolute Gasteiger partial charge is 0.288 e. The van der Waals surface area contributed by atoms with Gasteiger partial charge in [0.2, 0.25) is 6.29 Å². The van der Waals surface area contributed by atoms with E-state index in [0.717, 1.165) is 16.5 Å². The summed E-state index contributed by atoms with van der Waals surface area (Å²) in [7, 11) is 3.41. The lowest BCUT2D eigenvalue weighted by Crippen LogP contribution is -2.38. The van der Waals surface area contributed by atoms with E-state index in [4.69, 9.17) is 9.47 Å². The number of allylic oxidation sites excluding steroid dienone is 1. The van der Waals surface area contributed by atoms with Crippen LogP contribution in [0.5, 0.6) is 0 Å². The molecule has 0 aromatic heterocycles. The molecule has 1 aliphatic rings. The lowest BCUT2D eigenvalue weighted by atomic mass is 9.80. The summed E-state index contributed by atoms with van der Waals surface area (Å²) in [6.07, 6.45) is 2.80. The fraction of sp³-hybridized carbons (Fsp3) is 0.526. The molecule has 0 unspecified atom stereocenters. The van der Waals surface area contributed by atoms with Crippen molar-refractivity contribution < 1.29 is 19.4 Å². The third-order valence-electron chi connectivity index (χ3n) is 4.28. The standard InChI is InChI=1S/C19H26BrNO4/c1-4-24-19-15(6-5-11-22)16(13-7-9-14(20)10-8-13)12-17(25-19)18(23)21(2)3/h7-10,12,15-16,19,22H,4-6,11H2,1-3H3/t15-,16-,19-/m0/s1. The van der Waals surface area contributed by atoms with E-state index < -0.39 is 6.29 Å². The van der Waals surface area contributed by atoms with Gasteiger partial charge in [0.15, 0.2) is 5.76 Å². The molecule has 2 rings (SSSR count). The Morgan fingerprint density at radius 2 is 2.00 bits per heavy atom. The van der Waals surface area contributed by atoms with Crippen LogP contribution in [0.2, 0.25) is 0 Å². The maximum Gasteiger partial charge on any atom is 0.288 e. The molecule has 0 saturated carbocycles. The third-order valence-corrected chi connectivity index (χ3v) is 4.81. The number of carbonyl (C=O) groups is 1. The Morgan fingerprint density at radius 1 is 1.32 bits per heavy atom. The van der Waals surface area contributed by atoms with Crippen LogP contribution < -0.4 is 0 Å². The molecular weight excluding hydrogens is 386 g/mol. The van der Waals surface area contributed by atoms with Gasteiger partial charge in [-0.25, -0.2) is 0 Å². The highest BCUT2D eigenvalue weighted by Gasteiger charge is 2.38. The van der Waals surface area contributed by atoms with E-state index in [2.05, 4.69) is 15.9 Å². The molecule has 1 amide bonds. The molecule has 0 aliphatic carbocycles. The van der Waals surface area contributed by atoms with Gasteiger partial charge in [-0.2, -0.15) is 0 Å². The predicted octanol–water partition coefficient (Wildman–Crippen LogP) is 3.29. The Kier molecular flexibility index (Phi) is 7.47. The Bertz CT molecular complexity index is 600. The number of aliphatic hydroxyl groups is 1. The van der Waals surface area contributed by atoms with Crippen molar-refractivity contribution in [1.29, 1.82) is 0 Å². The van der Waals surface area contributed by atoms with Crippen LogP contribution >= 0.6 is 15.9 Å². The fourth-order valence-corrected chi connectivity index (χ4v) is 3.31. The minimum Gasteiger partial charge on any atom is -0.459 e. The number of likely N-dealkylation sites (N-methyl/N-ethyl adjacent to an activating group) is 1. The zero-order valence-electron chi connectivity index (χ0n) is 14.9. The largest absolute Gasteiger partial charge is 0.459 e. The highest BCUT2D eigenvalue weighted by molar-refractivity contribution is 9.10. The van der Waals surface area contributed by atoms with Gasteiger partial charge in [-0.05, 0) is 43.5 Å². The molecule has 3 atom stereocenters. The molecule has 138 valence electrons. The number of carbonyl (C=O) groups excluding carboxylic acids is 1. The number of hydrogen-bond donors (Lipinski definition) is 1. The molecule has 0 saturated heterocycles. The molecule has 1 aliphatic heterocycles. The normalized spacial score (nSPS) is 22.9. The monoisotopic (exact) mass is 411 g/mol. The summed E-state index contributed by atoms with van der Waals surface area (Å²) >= 11 is 3.46. The Labute approximate surface area is 157 Å². The lowest BCUT2D eigenvalue weighted by molar-refractivity contribution is -0.169. The SMILES string of the molecule is CCO[C@H]1OC(C(=O)N(C)C)=C[C@@H](c2ccc(Br)cc2)[C@@H]1CCCO. The van der Waals surface area contributed by atoms with Gasteiger partial charge in [0, 0.05) is 43.6 Å². The van der Waals surface area contributed by atoms with Crippen molar-refractivity contribution >= 4 is 21.8 Å². The third kappa shape index (κ3) is 5.06. The van der Waals surface area contributed by atoms with Crippen molar-refractivity contribution in [3.63, 3.8) is 0 Å². The van der Waals surface area contributed by atoms with Crippen molar-refractivity contribution in [2.45, 2.75) is 32.0 Å². The first kappa shape index (κ1) is 19.9. The van der Waals surface area contributed by atoms with Gasteiger partial charge in [-0.15, -0.1) is 0 Å². The number of hydrogen-bond acceptors (Lipinski definition) is 4. The van der Waals surface area contributed by atoms with Crippen LogP contribution in [0.25, 0.3) is 0 Å². The van der Waals surface area contributed by atoms with Crippen LogP contribution in [0.4, 0.5) is 0 Å². The van der Waals surface area contributed by atoms with Crippen molar-refractivity contribution in [2.75, 3.05) is 27.3 Å². The second-order valence-electron chi connectivity index (χ2n) is 6.28. The zero-order chi connectivity index (χ0) is 18.4. The molecule has 25 heavy (non-hydrogen) atoms. The van der Waals surface area contributed by atoms with E-state index in [1.807, 2.05) is 37.3 Å². The van der Waals surface area contributed by atoms with Gasteiger partial charge in [-0.3, -0.25) is 4.79 Å². The van der Waals surface area contributed by atoms with Crippen LogP contribution in [-0.2, 0) is 14.3 Å². The van der Waals surface area contributed by atoms with Crippen molar-refractivity contribution in [3.05, 3.63) is 46.1 Å². The minimum absolute atomic E-state index is 0.0103. The molecule has 0 radical (unpaired) electrons. The first-order valence-corrected chi connectivity index (χ1v) is 9.35. The van der Waals surface area contributed by atoms with Gasteiger partial charge in [-0.1, -0.05) is 28.1 Å². The number of nitrogens with zero attached hydrogens (tertiary/aromatic N) is 1. The van der Waals surface area contributed by atoms with E-state index in [1.54, 1.807) is 14.1 Å². The Hall–Kier alpha value is -1.37. The molecule has 5 nitrogen and oxygen atoms in total. The van der Waals surface area contributed by atoms with Crippen molar-refractivity contribution in [2.24, 2.45) is 5.92 Å². The number of halogens is 1. The van der Waals surface area contributed by atoms with E-state index in [0.29, 0.717) is 18.8 Å². The molecule has 1 heterocycles. The van der Waals surface area contributed by atoms with Crippen LogP contribution in [0.3, 0.4) is 0 Å². The average Bonchev–Trinajstić information content (AvgIpc) is 2.60. The predicted molar refractivity (Wildman–Crippen MR) is 100.0 cm³/mol. The zero-order valence-corrected chi connectivity index (χ0v) is 16.5. The molecular formula is C19H26BrNO4. The Morgan fingerprint density at radius 3 is 2.56 bits per heavy atom. The van der Waals surface area contributed by atoms with Crippen LogP contribution in [-0.4, -0.2) is 49.5 Å². The molecule has 0 fully saturated rings. The summed E-state index contributed by atoms with van der Waals surface area (Å²) in [5.41, 5.74) is 1.10. The molecule has 1 aromatic rings. The van der Waals surface area contributed by atoms with E-state index in [-0.39, 0.29) is 24.3 Å². The molecule has 1 aromatic carbocycles. The van der Waals surface area contributed by atoms with E-state index in [1.165, 1.54) is 4.90 Å². The first-order valence-electron chi connectivity index (χ1n) is 8.56. The molecule has 0 bridgehead atoms. The average molecular weight is 412 g/mol. The maximum absolute atomic E-state index is 12.4. The summed E-state index contributed by atoms with van der Waals surface area (Å²) in [6, 6.07) is 8.07. The number of amides is 1. The second kappa shape index (κ2) is 9.36. The number of ether oxygens (including phenoxy) is 2. The summed E-state index contributed by atoms with van der Waals surface area (Å²) < 4.78 is 12.7. The highest BCUT2D eigenvalue weighted by Crippen LogP contribution is 2.39. The maximum atomic E-state index is 12.4. The molecule has 1 N–H and O–H groups in total. The van der Waals surface area contributed by atoms with Gasteiger partial charge in [0.05, 0.1) is 0 Å². The minimum atomic E-state index is -0.505. The number of aliphatic hydroxyl groups excluding tert-OH is 1.